The standard InChI is InChI=1S/C14H17BrIN/c1-17-14(10-5-3-2-4-6-10)12-9-11(15)7-8-13(12)16/h5,7-9,14,17H,2-4,6H2,1H3. The van der Waals surface area contributed by atoms with Gasteiger partial charge in [0.15, 0.2) is 0 Å². The van der Waals surface area contributed by atoms with Crippen molar-refractivity contribution in [3.05, 3.63) is 43.5 Å². The average molecular weight is 406 g/mol. The van der Waals surface area contributed by atoms with E-state index in [1.165, 1.54) is 34.8 Å². The lowest BCUT2D eigenvalue weighted by atomic mass is 9.90. The van der Waals surface area contributed by atoms with Crippen LogP contribution in [-0.2, 0) is 0 Å². The molecule has 0 radical (unpaired) electrons. The lowest BCUT2D eigenvalue weighted by Crippen LogP contribution is -2.20. The van der Waals surface area contributed by atoms with Gasteiger partial charge in [-0.3, -0.25) is 0 Å². The third-order valence-corrected chi connectivity index (χ3v) is 4.73. The number of halogens is 2. The Labute approximate surface area is 125 Å². The van der Waals surface area contributed by atoms with Gasteiger partial charge in [0.05, 0.1) is 6.04 Å². The largest absolute Gasteiger partial charge is 0.310 e. The molecule has 0 aromatic heterocycles. The molecule has 0 saturated heterocycles. The van der Waals surface area contributed by atoms with E-state index in [4.69, 9.17) is 0 Å². The molecule has 2 rings (SSSR count). The highest BCUT2D eigenvalue weighted by Crippen LogP contribution is 2.33. The summed E-state index contributed by atoms with van der Waals surface area (Å²) in [5.41, 5.74) is 2.94. The zero-order valence-electron chi connectivity index (χ0n) is 9.97. The lowest BCUT2D eigenvalue weighted by molar-refractivity contribution is 0.591. The number of hydrogen-bond donors (Lipinski definition) is 1. The Hall–Kier alpha value is 0.130. The lowest BCUT2D eigenvalue weighted by Gasteiger charge is -2.24. The molecule has 1 unspecified atom stereocenters. The van der Waals surface area contributed by atoms with Gasteiger partial charge in [0.2, 0.25) is 0 Å². The topological polar surface area (TPSA) is 12.0 Å². The van der Waals surface area contributed by atoms with Crippen LogP contribution in [0.25, 0.3) is 0 Å². The quantitative estimate of drug-likeness (QED) is 0.561. The van der Waals surface area contributed by atoms with Gasteiger partial charge in [-0.15, -0.1) is 0 Å². The van der Waals surface area contributed by atoms with Crippen LogP contribution in [0.2, 0.25) is 0 Å². The van der Waals surface area contributed by atoms with Crippen molar-refractivity contribution in [2.45, 2.75) is 31.7 Å². The van der Waals surface area contributed by atoms with E-state index in [0.29, 0.717) is 6.04 Å². The van der Waals surface area contributed by atoms with Crippen LogP contribution >= 0.6 is 38.5 Å². The summed E-state index contributed by atoms with van der Waals surface area (Å²) < 4.78 is 2.49. The van der Waals surface area contributed by atoms with Gasteiger partial charge in [-0.25, -0.2) is 0 Å². The van der Waals surface area contributed by atoms with Gasteiger partial charge < -0.3 is 5.32 Å². The Morgan fingerprint density at radius 1 is 1.35 bits per heavy atom. The molecule has 0 spiro atoms. The molecule has 1 aromatic carbocycles. The Kier molecular flexibility index (Phi) is 5.06. The molecule has 0 fully saturated rings. The first-order valence-corrected chi connectivity index (χ1v) is 7.90. The predicted molar refractivity (Wildman–Crippen MR) is 85.2 cm³/mol. The molecule has 1 aromatic rings. The van der Waals surface area contributed by atoms with Crippen LogP contribution in [-0.4, -0.2) is 7.05 Å². The van der Waals surface area contributed by atoms with E-state index in [2.05, 4.69) is 75.2 Å². The van der Waals surface area contributed by atoms with Crippen molar-refractivity contribution in [3.63, 3.8) is 0 Å². The van der Waals surface area contributed by atoms with Gasteiger partial charge in [0.1, 0.15) is 0 Å². The van der Waals surface area contributed by atoms with Crippen LogP contribution in [0.4, 0.5) is 0 Å². The summed E-state index contributed by atoms with van der Waals surface area (Å²) in [6, 6.07) is 6.89. The van der Waals surface area contributed by atoms with Crippen LogP contribution < -0.4 is 5.32 Å². The highest BCUT2D eigenvalue weighted by Gasteiger charge is 2.18. The van der Waals surface area contributed by atoms with Crippen LogP contribution in [0, 0.1) is 3.57 Å². The molecule has 0 heterocycles. The molecular weight excluding hydrogens is 389 g/mol. The normalized spacial score (nSPS) is 17.7. The maximum atomic E-state index is 3.57. The highest BCUT2D eigenvalue weighted by atomic mass is 127. The first-order chi connectivity index (χ1) is 8.22. The molecular formula is C14H17BrIN. The monoisotopic (exact) mass is 405 g/mol. The molecule has 1 nitrogen and oxygen atoms in total. The van der Waals surface area contributed by atoms with E-state index in [-0.39, 0.29) is 0 Å². The summed E-state index contributed by atoms with van der Waals surface area (Å²) >= 11 is 5.99. The van der Waals surface area contributed by atoms with E-state index in [1.807, 2.05) is 0 Å². The predicted octanol–water partition coefficient (Wildman–Crippen LogP) is 4.81. The van der Waals surface area contributed by atoms with E-state index >= 15 is 0 Å². The van der Waals surface area contributed by atoms with Gasteiger partial charge in [0, 0.05) is 8.04 Å². The first-order valence-electron chi connectivity index (χ1n) is 6.03. The number of nitrogens with one attached hydrogen (secondary N) is 1. The molecule has 0 aliphatic heterocycles. The minimum atomic E-state index is 0.375. The fourth-order valence-corrected chi connectivity index (χ4v) is 3.43. The molecule has 0 amide bonds. The number of hydrogen-bond acceptors (Lipinski definition) is 1. The molecule has 17 heavy (non-hydrogen) atoms. The molecule has 3 heteroatoms. The zero-order valence-corrected chi connectivity index (χ0v) is 13.7. The summed E-state index contributed by atoms with van der Waals surface area (Å²) in [6.07, 6.45) is 7.55. The fraction of sp³-hybridized carbons (Fsp3) is 0.429. The van der Waals surface area contributed by atoms with Crippen LogP contribution in [0.1, 0.15) is 37.3 Å². The van der Waals surface area contributed by atoms with Gasteiger partial charge in [-0.2, -0.15) is 0 Å². The Morgan fingerprint density at radius 2 is 2.18 bits per heavy atom. The highest BCUT2D eigenvalue weighted by molar-refractivity contribution is 14.1. The number of allylic oxidation sites excluding steroid dienone is 1. The second kappa shape index (κ2) is 6.34. The van der Waals surface area contributed by atoms with Crippen molar-refractivity contribution < 1.29 is 0 Å². The van der Waals surface area contributed by atoms with Crippen molar-refractivity contribution in [2.24, 2.45) is 0 Å². The van der Waals surface area contributed by atoms with Crippen molar-refractivity contribution >= 4 is 38.5 Å². The molecule has 1 aliphatic carbocycles. The second-order valence-electron chi connectivity index (χ2n) is 4.41. The SMILES string of the molecule is CNC(C1=CCCCC1)c1cc(Br)ccc1I. The Morgan fingerprint density at radius 3 is 2.82 bits per heavy atom. The molecule has 92 valence electrons. The minimum absolute atomic E-state index is 0.375. The van der Waals surface area contributed by atoms with E-state index in [0.717, 1.165) is 4.47 Å². The molecule has 1 aliphatic rings. The summed E-state index contributed by atoms with van der Waals surface area (Å²) in [4.78, 5) is 0. The Bertz CT molecular complexity index is 428. The van der Waals surface area contributed by atoms with Crippen LogP contribution in [0.5, 0.6) is 0 Å². The molecule has 0 bridgehead atoms. The molecule has 1 N–H and O–H groups in total. The third-order valence-electron chi connectivity index (χ3n) is 3.25. The number of benzene rings is 1. The average Bonchev–Trinajstić information content (AvgIpc) is 2.36. The molecule has 0 saturated carbocycles. The van der Waals surface area contributed by atoms with Crippen LogP contribution in [0.15, 0.2) is 34.3 Å². The summed E-state index contributed by atoms with van der Waals surface area (Å²) in [6.45, 7) is 0. The second-order valence-corrected chi connectivity index (χ2v) is 6.49. The number of rotatable bonds is 3. The fourth-order valence-electron chi connectivity index (χ4n) is 2.40. The van der Waals surface area contributed by atoms with E-state index in [1.54, 1.807) is 5.57 Å². The number of likely N-dealkylation sites (N-methyl/N-ethyl adjacent to an activating group) is 1. The maximum Gasteiger partial charge on any atom is 0.0544 e. The first kappa shape index (κ1) is 13.6. The van der Waals surface area contributed by atoms with Gasteiger partial charge in [0.25, 0.3) is 0 Å². The zero-order chi connectivity index (χ0) is 12.3. The molecule has 1 atom stereocenters. The van der Waals surface area contributed by atoms with Crippen molar-refractivity contribution in [2.75, 3.05) is 7.05 Å². The van der Waals surface area contributed by atoms with Gasteiger partial charge >= 0.3 is 0 Å². The van der Waals surface area contributed by atoms with Gasteiger partial charge in [-0.1, -0.05) is 27.6 Å². The Balaban J connectivity index is 2.34. The third kappa shape index (κ3) is 3.32. The van der Waals surface area contributed by atoms with Crippen molar-refractivity contribution in [1.29, 1.82) is 0 Å². The van der Waals surface area contributed by atoms with Crippen LogP contribution in [0.3, 0.4) is 0 Å². The summed E-state index contributed by atoms with van der Waals surface area (Å²) in [7, 11) is 2.05. The van der Waals surface area contributed by atoms with Crippen molar-refractivity contribution in [3.8, 4) is 0 Å². The minimum Gasteiger partial charge on any atom is -0.310 e. The van der Waals surface area contributed by atoms with Crippen molar-refractivity contribution in [1.82, 2.24) is 5.32 Å². The smallest absolute Gasteiger partial charge is 0.0544 e. The van der Waals surface area contributed by atoms with E-state index < -0.39 is 0 Å². The maximum absolute atomic E-state index is 3.57. The van der Waals surface area contributed by atoms with Gasteiger partial charge in [-0.05, 0) is 79.1 Å². The summed E-state index contributed by atoms with van der Waals surface area (Å²) in [5, 5.41) is 3.46. The summed E-state index contributed by atoms with van der Waals surface area (Å²) in [5.74, 6) is 0. The van der Waals surface area contributed by atoms with E-state index in [9.17, 15) is 0 Å².